The molecule has 0 saturated carbocycles. The van der Waals surface area contributed by atoms with Crippen LogP contribution in [-0.2, 0) is 6.18 Å². The van der Waals surface area contributed by atoms with Crippen molar-refractivity contribution in [3.05, 3.63) is 59.9 Å². The molecule has 3 nitrogen and oxygen atoms in total. The lowest BCUT2D eigenvalue weighted by molar-refractivity contribution is -0.137. The third kappa shape index (κ3) is 4.59. The normalized spacial score (nSPS) is 10.9. The average Bonchev–Trinajstić information content (AvgIpc) is 2.47. The molecule has 0 radical (unpaired) electrons. The van der Waals surface area contributed by atoms with Gasteiger partial charge in [-0.25, -0.2) is 4.39 Å². The van der Waals surface area contributed by atoms with E-state index in [1.165, 1.54) is 36.4 Å². The number of alkyl halides is 3. The van der Waals surface area contributed by atoms with Crippen molar-refractivity contribution < 1.29 is 17.6 Å². The summed E-state index contributed by atoms with van der Waals surface area (Å²) in [5.74, 6) is -0.383. The molecule has 0 unspecified atom stereocenters. The molecular formula is C14H11F4N3S. The summed E-state index contributed by atoms with van der Waals surface area (Å²) in [6.07, 6.45) is -4.41. The molecule has 0 aliphatic rings. The van der Waals surface area contributed by atoms with E-state index in [2.05, 4.69) is 16.2 Å². The Balaban J connectivity index is 1.92. The minimum absolute atomic E-state index is 0.129. The van der Waals surface area contributed by atoms with Gasteiger partial charge in [0.2, 0.25) is 0 Å². The second-order valence-corrected chi connectivity index (χ2v) is 4.70. The van der Waals surface area contributed by atoms with Crippen molar-refractivity contribution in [2.75, 3.05) is 10.7 Å². The summed E-state index contributed by atoms with van der Waals surface area (Å²) in [7, 11) is 0. The van der Waals surface area contributed by atoms with E-state index in [1.807, 2.05) is 0 Å². The molecular weight excluding hydrogens is 318 g/mol. The fraction of sp³-hybridized carbons (Fsp3) is 0.0714. The number of thiocarbonyl (C=S) groups is 1. The van der Waals surface area contributed by atoms with Gasteiger partial charge in [0.1, 0.15) is 5.82 Å². The number of hydrazine groups is 1. The molecule has 2 rings (SSSR count). The lowest BCUT2D eigenvalue weighted by Crippen LogP contribution is -2.33. The highest BCUT2D eigenvalue weighted by molar-refractivity contribution is 7.80. The Morgan fingerprint density at radius 3 is 2.27 bits per heavy atom. The maximum atomic E-state index is 12.7. The molecule has 22 heavy (non-hydrogen) atoms. The van der Waals surface area contributed by atoms with E-state index in [1.54, 1.807) is 0 Å². The van der Waals surface area contributed by atoms with Crippen LogP contribution in [0.25, 0.3) is 0 Å². The molecule has 0 spiro atoms. The zero-order valence-corrected chi connectivity index (χ0v) is 11.9. The van der Waals surface area contributed by atoms with Gasteiger partial charge in [-0.05, 0) is 54.7 Å². The SMILES string of the molecule is Fc1ccc(NC(=S)NNc2cccc(C(F)(F)F)c2)cc1. The van der Waals surface area contributed by atoms with Crippen LogP contribution < -0.4 is 16.2 Å². The van der Waals surface area contributed by atoms with Gasteiger partial charge in [0.15, 0.2) is 5.11 Å². The second kappa shape index (κ2) is 6.61. The molecule has 0 fully saturated rings. The van der Waals surface area contributed by atoms with Crippen molar-refractivity contribution in [2.24, 2.45) is 0 Å². The van der Waals surface area contributed by atoms with Crippen molar-refractivity contribution in [1.29, 1.82) is 0 Å². The number of hydrogen-bond acceptors (Lipinski definition) is 2. The van der Waals surface area contributed by atoms with Crippen molar-refractivity contribution in [2.45, 2.75) is 6.18 Å². The lowest BCUT2D eigenvalue weighted by Gasteiger charge is -2.14. The van der Waals surface area contributed by atoms with Gasteiger partial charge in [-0.2, -0.15) is 13.2 Å². The first-order valence-corrected chi connectivity index (χ1v) is 6.51. The number of benzene rings is 2. The molecule has 0 aromatic heterocycles. The van der Waals surface area contributed by atoms with Gasteiger partial charge in [-0.3, -0.25) is 10.9 Å². The van der Waals surface area contributed by atoms with Crippen LogP contribution in [0.5, 0.6) is 0 Å². The first kappa shape index (κ1) is 16.0. The van der Waals surface area contributed by atoms with E-state index in [0.29, 0.717) is 5.69 Å². The maximum Gasteiger partial charge on any atom is 0.416 e. The van der Waals surface area contributed by atoms with Crippen LogP contribution in [0.3, 0.4) is 0 Å². The predicted octanol–water partition coefficient (Wildman–Crippen LogP) is 4.16. The van der Waals surface area contributed by atoms with E-state index in [4.69, 9.17) is 12.2 Å². The van der Waals surface area contributed by atoms with Crippen molar-refractivity contribution in [1.82, 2.24) is 5.43 Å². The summed E-state index contributed by atoms with van der Waals surface area (Å²) in [4.78, 5) is 0. The topological polar surface area (TPSA) is 36.1 Å². The van der Waals surface area contributed by atoms with Crippen LogP contribution in [0, 0.1) is 5.82 Å². The minimum Gasteiger partial charge on any atom is -0.331 e. The van der Waals surface area contributed by atoms with Crippen LogP contribution in [0.1, 0.15) is 5.56 Å². The predicted molar refractivity (Wildman–Crippen MR) is 80.8 cm³/mol. The molecule has 2 aromatic carbocycles. The quantitative estimate of drug-likeness (QED) is 0.449. The minimum atomic E-state index is -4.41. The van der Waals surface area contributed by atoms with Crippen LogP contribution >= 0.6 is 12.2 Å². The lowest BCUT2D eigenvalue weighted by atomic mass is 10.2. The number of nitrogens with one attached hydrogen (secondary N) is 3. The third-order valence-corrected chi connectivity index (χ3v) is 2.82. The Labute approximate surface area is 129 Å². The highest BCUT2D eigenvalue weighted by Gasteiger charge is 2.30. The number of halogens is 4. The highest BCUT2D eigenvalue weighted by Crippen LogP contribution is 2.30. The molecule has 0 atom stereocenters. The molecule has 8 heteroatoms. The largest absolute Gasteiger partial charge is 0.416 e. The van der Waals surface area contributed by atoms with Gasteiger partial charge >= 0.3 is 6.18 Å². The van der Waals surface area contributed by atoms with Gasteiger partial charge in [0.05, 0.1) is 11.3 Å². The summed E-state index contributed by atoms with van der Waals surface area (Å²) in [6, 6.07) is 10.1. The monoisotopic (exact) mass is 329 g/mol. The molecule has 0 bridgehead atoms. The van der Waals surface area contributed by atoms with Gasteiger partial charge in [0, 0.05) is 5.69 Å². The van der Waals surface area contributed by atoms with Gasteiger partial charge in [-0.1, -0.05) is 6.07 Å². The van der Waals surface area contributed by atoms with Crippen LogP contribution in [0.15, 0.2) is 48.5 Å². The Hall–Kier alpha value is -2.35. The van der Waals surface area contributed by atoms with E-state index in [9.17, 15) is 17.6 Å². The first-order valence-electron chi connectivity index (χ1n) is 6.10. The van der Waals surface area contributed by atoms with E-state index >= 15 is 0 Å². The van der Waals surface area contributed by atoms with Gasteiger partial charge in [-0.15, -0.1) is 0 Å². The Bertz CT molecular complexity index is 656. The van der Waals surface area contributed by atoms with E-state index in [0.717, 1.165) is 12.1 Å². The third-order valence-electron chi connectivity index (χ3n) is 2.61. The van der Waals surface area contributed by atoms with Crippen molar-refractivity contribution in [3.8, 4) is 0 Å². The summed E-state index contributed by atoms with van der Waals surface area (Å²) >= 11 is 4.97. The average molecular weight is 329 g/mol. The summed E-state index contributed by atoms with van der Waals surface area (Å²) in [5.41, 5.74) is 5.10. The van der Waals surface area contributed by atoms with Crippen LogP contribution in [0.4, 0.5) is 28.9 Å². The molecule has 0 heterocycles. The summed E-state index contributed by atoms with van der Waals surface area (Å²) in [6.45, 7) is 0. The summed E-state index contributed by atoms with van der Waals surface area (Å²) in [5, 5.41) is 2.88. The standard InChI is InChI=1S/C14H11F4N3S/c15-10-4-6-11(7-5-10)19-13(22)21-20-12-3-1-2-9(8-12)14(16,17)18/h1-8,20H,(H2,19,21,22). The van der Waals surface area contributed by atoms with Gasteiger partial charge in [0.25, 0.3) is 0 Å². The maximum absolute atomic E-state index is 12.7. The number of hydrogen-bond donors (Lipinski definition) is 3. The fourth-order valence-electron chi connectivity index (χ4n) is 1.60. The molecule has 0 amide bonds. The Morgan fingerprint density at radius 2 is 1.64 bits per heavy atom. The van der Waals surface area contributed by atoms with E-state index < -0.39 is 11.7 Å². The van der Waals surface area contributed by atoms with Crippen LogP contribution in [-0.4, -0.2) is 5.11 Å². The smallest absolute Gasteiger partial charge is 0.331 e. The Kier molecular flexibility index (Phi) is 4.81. The zero-order chi connectivity index (χ0) is 16.2. The van der Waals surface area contributed by atoms with Crippen LogP contribution in [0.2, 0.25) is 0 Å². The van der Waals surface area contributed by atoms with Crippen molar-refractivity contribution in [3.63, 3.8) is 0 Å². The first-order chi connectivity index (χ1) is 10.3. The molecule has 0 aliphatic heterocycles. The molecule has 2 aromatic rings. The highest BCUT2D eigenvalue weighted by atomic mass is 32.1. The second-order valence-electron chi connectivity index (χ2n) is 4.29. The summed E-state index contributed by atoms with van der Waals surface area (Å²) < 4.78 is 50.5. The number of anilines is 2. The molecule has 0 saturated heterocycles. The van der Waals surface area contributed by atoms with E-state index in [-0.39, 0.29) is 16.6 Å². The van der Waals surface area contributed by atoms with Gasteiger partial charge < -0.3 is 5.32 Å². The van der Waals surface area contributed by atoms with Crippen molar-refractivity contribution >= 4 is 28.7 Å². The number of rotatable bonds is 3. The zero-order valence-electron chi connectivity index (χ0n) is 11.0. The molecule has 3 N–H and O–H groups in total. The Morgan fingerprint density at radius 1 is 0.955 bits per heavy atom. The molecule has 116 valence electrons. The molecule has 0 aliphatic carbocycles. The fourth-order valence-corrected chi connectivity index (χ4v) is 1.77.